The summed E-state index contributed by atoms with van der Waals surface area (Å²) >= 11 is 5.46. The second kappa shape index (κ2) is 6.09. The Kier molecular flexibility index (Phi) is 5.04. The van der Waals surface area contributed by atoms with Gasteiger partial charge >= 0.3 is 0 Å². The topological polar surface area (TPSA) is 0 Å². The molecule has 0 unspecified atom stereocenters. The van der Waals surface area contributed by atoms with E-state index in [1.165, 1.54) is 17.8 Å². The van der Waals surface area contributed by atoms with Crippen LogP contribution >= 0.6 is 24.4 Å². The third-order valence-corrected chi connectivity index (χ3v) is 2.67. The molecule has 1 rings (SSSR count). The Morgan fingerprint density at radius 3 is 2.64 bits per heavy atom. The van der Waals surface area contributed by atoms with Gasteiger partial charge in [-0.25, -0.2) is 8.78 Å². The van der Waals surface area contributed by atoms with Gasteiger partial charge < -0.3 is 0 Å². The van der Waals surface area contributed by atoms with E-state index in [4.69, 9.17) is 0 Å². The molecule has 0 radical (unpaired) electrons. The Hall–Kier alpha value is -0.480. The van der Waals surface area contributed by atoms with Crippen molar-refractivity contribution in [2.75, 3.05) is 11.5 Å². The van der Waals surface area contributed by atoms with E-state index in [1.54, 1.807) is 6.07 Å². The summed E-state index contributed by atoms with van der Waals surface area (Å²) in [6.07, 6.45) is 3.86. The van der Waals surface area contributed by atoms with E-state index in [0.29, 0.717) is 5.75 Å². The first kappa shape index (κ1) is 11.6. The van der Waals surface area contributed by atoms with E-state index in [1.807, 2.05) is 12.2 Å². The predicted molar refractivity (Wildman–Crippen MR) is 60.1 cm³/mol. The van der Waals surface area contributed by atoms with Crippen molar-refractivity contribution in [3.63, 3.8) is 0 Å². The average molecular weight is 232 g/mol. The molecule has 0 aromatic heterocycles. The van der Waals surface area contributed by atoms with E-state index >= 15 is 0 Å². The molecule has 0 spiro atoms. The Bertz CT molecular complexity index is 324. The SMILES string of the molecule is Fc1ccc(SCC=CCS)cc1F. The van der Waals surface area contributed by atoms with Crippen molar-refractivity contribution in [1.82, 2.24) is 0 Å². The van der Waals surface area contributed by atoms with Gasteiger partial charge in [-0.05, 0) is 18.2 Å². The highest BCUT2D eigenvalue weighted by Crippen LogP contribution is 2.20. The summed E-state index contributed by atoms with van der Waals surface area (Å²) in [5.41, 5.74) is 0. The maximum atomic E-state index is 12.7. The largest absolute Gasteiger partial charge is 0.204 e. The number of hydrogen-bond donors (Lipinski definition) is 1. The first-order valence-electron chi connectivity index (χ1n) is 4.07. The summed E-state index contributed by atoms with van der Waals surface area (Å²) in [7, 11) is 0. The third kappa shape index (κ3) is 3.72. The van der Waals surface area contributed by atoms with Crippen LogP contribution in [0.4, 0.5) is 8.78 Å². The summed E-state index contributed by atoms with van der Waals surface area (Å²) < 4.78 is 25.3. The van der Waals surface area contributed by atoms with Crippen LogP contribution in [0.25, 0.3) is 0 Å². The van der Waals surface area contributed by atoms with Crippen LogP contribution in [0.15, 0.2) is 35.2 Å². The number of hydrogen-bond acceptors (Lipinski definition) is 2. The van der Waals surface area contributed by atoms with E-state index in [2.05, 4.69) is 12.6 Å². The van der Waals surface area contributed by atoms with Gasteiger partial charge in [-0.3, -0.25) is 0 Å². The van der Waals surface area contributed by atoms with Gasteiger partial charge in [0.1, 0.15) is 0 Å². The van der Waals surface area contributed by atoms with Crippen molar-refractivity contribution in [3.05, 3.63) is 42.0 Å². The molecular formula is C10H10F2S2. The van der Waals surface area contributed by atoms with E-state index in [9.17, 15) is 8.78 Å². The summed E-state index contributed by atoms with van der Waals surface area (Å²) in [6.45, 7) is 0. The molecule has 0 atom stereocenters. The van der Waals surface area contributed by atoms with Gasteiger partial charge in [0.15, 0.2) is 11.6 Å². The van der Waals surface area contributed by atoms with Gasteiger partial charge in [0, 0.05) is 16.4 Å². The van der Waals surface area contributed by atoms with Gasteiger partial charge in [-0.2, -0.15) is 12.6 Å². The summed E-state index contributed by atoms with van der Waals surface area (Å²) in [4.78, 5) is 0.729. The zero-order chi connectivity index (χ0) is 10.4. The first-order valence-corrected chi connectivity index (χ1v) is 5.69. The monoisotopic (exact) mass is 232 g/mol. The summed E-state index contributed by atoms with van der Waals surface area (Å²) in [5.74, 6) is -0.169. The molecule has 0 fully saturated rings. The molecule has 0 aliphatic carbocycles. The molecule has 0 heterocycles. The maximum absolute atomic E-state index is 12.7. The number of halogens is 2. The van der Waals surface area contributed by atoms with Gasteiger partial charge in [0.05, 0.1) is 0 Å². The molecule has 0 nitrogen and oxygen atoms in total. The van der Waals surface area contributed by atoms with Crippen molar-refractivity contribution < 1.29 is 8.78 Å². The quantitative estimate of drug-likeness (QED) is 0.470. The highest BCUT2D eigenvalue weighted by molar-refractivity contribution is 7.99. The van der Waals surface area contributed by atoms with Gasteiger partial charge in [-0.1, -0.05) is 12.2 Å². The van der Waals surface area contributed by atoms with Crippen LogP contribution in [0, 0.1) is 11.6 Å². The molecule has 1 aromatic rings. The molecule has 0 N–H and O–H groups in total. The Morgan fingerprint density at radius 1 is 1.21 bits per heavy atom. The second-order valence-corrected chi connectivity index (χ2v) is 4.00. The van der Waals surface area contributed by atoms with Crippen LogP contribution in [-0.2, 0) is 0 Å². The minimum Gasteiger partial charge on any atom is -0.204 e. The highest BCUT2D eigenvalue weighted by atomic mass is 32.2. The standard InChI is InChI=1S/C10H10F2S2/c11-9-4-3-8(7-10(9)12)14-6-2-1-5-13/h1-4,7,13H,5-6H2. The molecule has 4 heteroatoms. The fourth-order valence-corrected chi connectivity index (χ4v) is 1.78. The number of thiol groups is 1. The second-order valence-electron chi connectivity index (χ2n) is 2.54. The summed E-state index contributed by atoms with van der Waals surface area (Å²) in [5, 5.41) is 0. The zero-order valence-electron chi connectivity index (χ0n) is 7.41. The van der Waals surface area contributed by atoms with Gasteiger partial charge in [0.2, 0.25) is 0 Å². The van der Waals surface area contributed by atoms with Crippen LogP contribution in [0.3, 0.4) is 0 Å². The molecule has 0 aliphatic rings. The number of rotatable bonds is 4. The molecule has 14 heavy (non-hydrogen) atoms. The molecule has 0 aliphatic heterocycles. The van der Waals surface area contributed by atoms with E-state index in [-0.39, 0.29) is 0 Å². The van der Waals surface area contributed by atoms with E-state index in [0.717, 1.165) is 16.7 Å². The molecular weight excluding hydrogens is 222 g/mol. The van der Waals surface area contributed by atoms with Crippen molar-refractivity contribution in [1.29, 1.82) is 0 Å². The molecule has 76 valence electrons. The van der Waals surface area contributed by atoms with Crippen LogP contribution in [-0.4, -0.2) is 11.5 Å². The fourth-order valence-electron chi connectivity index (χ4n) is 0.854. The normalized spacial score (nSPS) is 11.1. The van der Waals surface area contributed by atoms with Crippen LogP contribution in [0.1, 0.15) is 0 Å². The lowest BCUT2D eigenvalue weighted by molar-refractivity contribution is 0.506. The van der Waals surface area contributed by atoms with Crippen molar-refractivity contribution in [2.24, 2.45) is 0 Å². The first-order chi connectivity index (χ1) is 6.74. The average Bonchev–Trinajstić information content (AvgIpc) is 2.18. The van der Waals surface area contributed by atoms with E-state index < -0.39 is 11.6 Å². The number of thioether (sulfide) groups is 1. The lowest BCUT2D eigenvalue weighted by Crippen LogP contribution is -1.83. The van der Waals surface area contributed by atoms with Crippen LogP contribution in [0.2, 0.25) is 0 Å². The van der Waals surface area contributed by atoms with Crippen LogP contribution < -0.4 is 0 Å². The minimum atomic E-state index is -0.805. The van der Waals surface area contributed by atoms with Crippen LogP contribution in [0.5, 0.6) is 0 Å². The highest BCUT2D eigenvalue weighted by Gasteiger charge is 2.01. The van der Waals surface area contributed by atoms with Crippen molar-refractivity contribution >= 4 is 24.4 Å². The van der Waals surface area contributed by atoms with Gasteiger partial charge in [-0.15, -0.1) is 11.8 Å². The lowest BCUT2D eigenvalue weighted by Gasteiger charge is -1.98. The minimum absolute atomic E-state index is 0.693. The smallest absolute Gasteiger partial charge is 0.159 e. The van der Waals surface area contributed by atoms with Crippen molar-refractivity contribution in [2.45, 2.75) is 4.90 Å². The third-order valence-electron chi connectivity index (χ3n) is 1.51. The maximum Gasteiger partial charge on any atom is 0.159 e. The molecule has 0 amide bonds. The Labute approximate surface area is 91.8 Å². The Balaban J connectivity index is 2.51. The predicted octanol–water partition coefficient (Wildman–Crippen LogP) is 3.54. The molecule has 0 bridgehead atoms. The lowest BCUT2D eigenvalue weighted by atomic mass is 10.3. The Morgan fingerprint density at radius 2 is 2.00 bits per heavy atom. The number of benzene rings is 1. The molecule has 1 aromatic carbocycles. The molecule has 0 saturated heterocycles. The van der Waals surface area contributed by atoms with Crippen molar-refractivity contribution in [3.8, 4) is 0 Å². The molecule has 0 saturated carbocycles. The zero-order valence-corrected chi connectivity index (χ0v) is 9.12. The summed E-state index contributed by atoms with van der Waals surface area (Å²) in [6, 6.07) is 3.91. The van der Waals surface area contributed by atoms with Gasteiger partial charge in [0.25, 0.3) is 0 Å². The fraction of sp³-hybridized carbons (Fsp3) is 0.200.